The predicted molar refractivity (Wildman–Crippen MR) is 87.2 cm³/mol. The van der Waals surface area contributed by atoms with E-state index in [0.29, 0.717) is 10.7 Å². The molecule has 2 rings (SSSR count). The molecule has 112 valence electrons. The summed E-state index contributed by atoms with van der Waals surface area (Å²) in [4.78, 5) is 22.1. The van der Waals surface area contributed by atoms with Gasteiger partial charge in [-0.1, -0.05) is 13.3 Å². The van der Waals surface area contributed by atoms with E-state index in [1.807, 2.05) is 19.9 Å². The highest BCUT2D eigenvalue weighted by Gasteiger charge is 2.11. The van der Waals surface area contributed by atoms with Gasteiger partial charge in [0.1, 0.15) is 5.82 Å². The number of anilines is 2. The molecule has 0 aromatic carbocycles. The molecule has 0 atom stereocenters. The number of aromatic nitrogens is 2. The summed E-state index contributed by atoms with van der Waals surface area (Å²) in [6.45, 7) is 6.84. The van der Waals surface area contributed by atoms with Gasteiger partial charge in [-0.2, -0.15) is 0 Å². The lowest BCUT2D eigenvalue weighted by Crippen LogP contribution is -2.13. The van der Waals surface area contributed by atoms with Crippen molar-refractivity contribution < 1.29 is 4.79 Å². The number of nitrogens with zero attached hydrogens (tertiary/aromatic N) is 2. The quantitative estimate of drug-likeness (QED) is 0.857. The van der Waals surface area contributed by atoms with Gasteiger partial charge in [0.15, 0.2) is 5.13 Å². The van der Waals surface area contributed by atoms with Crippen LogP contribution in [0.4, 0.5) is 10.9 Å². The molecule has 0 saturated carbocycles. The number of amides is 1. The second-order valence-electron chi connectivity index (χ2n) is 4.74. The predicted octanol–water partition coefficient (Wildman–Crippen LogP) is 3.48. The molecule has 2 heterocycles. The third-order valence-electron chi connectivity index (χ3n) is 2.85. The molecular weight excluding hydrogens is 284 g/mol. The van der Waals surface area contributed by atoms with Crippen LogP contribution in [0.2, 0.25) is 0 Å². The van der Waals surface area contributed by atoms with Crippen molar-refractivity contribution in [2.75, 3.05) is 17.2 Å². The highest BCUT2D eigenvalue weighted by molar-refractivity contribution is 7.15. The number of carbonyl (C=O) groups is 1. The van der Waals surface area contributed by atoms with Crippen LogP contribution in [-0.2, 0) is 6.42 Å². The maximum Gasteiger partial charge on any atom is 0.257 e. The number of rotatable bonds is 6. The van der Waals surface area contributed by atoms with Crippen LogP contribution in [-0.4, -0.2) is 22.4 Å². The van der Waals surface area contributed by atoms with Gasteiger partial charge in [-0.25, -0.2) is 9.97 Å². The minimum absolute atomic E-state index is 0.150. The summed E-state index contributed by atoms with van der Waals surface area (Å²) < 4.78 is 0. The van der Waals surface area contributed by atoms with E-state index in [1.165, 1.54) is 11.3 Å². The van der Waals surface area contributed by atoms with Crippen LogP contribution in [0.3, 0.4) is 0 Å². The van der Waals surface area contributed by atoms with Crippen LogP contribution < -0.4 is 10.6 Å². The molecule has 0 bridgehead atoms. The fraction of sp³-hybridized carbons (Fsp3) is 0.400. The SMILES string of the molecule is CCCc1cc(C(=O)Nc2ncc(C)s2)cc(NCC)n1. The van der Waals surface area contributed by atoms with E-state index in [1.54, 1.807) is 12.3 Å². The van der Waals surface area contributed by atoms with E-state index < -0.39 is 0 Å². The van der Waals surface area contributed by atoms with Gasteiger partial charge in [-0.05, 0) is 32.4 Å². The standard InChI is InChI=1S/C15H20N4OS/c1-4-6-12-7-11(8-13(18-12)16-5-2)14(20)19-15-17-9-10(3)21-15/h7-9H,4-6H2,1-3H3,(H,16,18)(H,17,19,20). The number of carbonyl (C=O) groups excluding carboxylic acids is 1. The Labute approximate surface area is 128 Å². The Morgan fingerprint density at radius 2 is 2.14 bits per heavy atom. The lowest BCUT2D eigenvalue weighted by Gasteiger charge is -2.09. The monoisotopic (exact) mass is 304 g/mol. The van der Waals surface area contributed by atoms with Gasteiger partial charge in [0.05, 0.1) is 0 Å². The number of nitrogens with one attached hydrogen (secondary N) is 2. The zero-order valence-electron chi connectivity index (χ0n) is 12.6. The number of hydrogen-bond donors (Lipinski definition) is 2. The number of hydrogen-bond acceptors (Lipinski definition) is 5. The van der Waals surface area contributed by atoms with Gasteiger partial charge >= 0.3 is 0 Å². The molecule has 5 nitrogen and oxygen atoms in total. The summed E-state index contributed by atoms with van der Waals surface area (Å²) in [7, 11) is 0. The molecule has 0 unspecified atom stereocenters. The maximum absolute atomic E-state index is 12.3. The smallest absolute Gasteiger partial charge is 0.257 e. The van der Waals surface area contributed by atoms with Crippen LogP contribution in [0.15, 0.2) is 18.3 Å². The van der Waals surface area contributed by atoms with Crippen LogP contribution >= 0.6 is 11.3 Å². The summed E-state index contributed by atoms with van der Waals surface area (Å²) in [6.07, 6.45) is 3.60. The van der Waals surface area contributed by atoms with Crippen molar-refractivity contribution in [3.63, 3.8) is 0 Å². The molecule has 0 aliphatic heterocycles. The first-order valence-electron chi connectivity index (χ1n) is 7.11. The first kappa shape index (κ1) is 15.4. The van der Waals surface area contributed by atoms with E-state index in [4.69, 9.17) is 0 Å². The molecular formula is C15H20N4OS. The number of aryl methyl sites for hydroxylation is 2. The second kappa shape index (κ2) is 7.17. The van der Waals surface area contributed by atoms with Crippen molar-refractivity contribution in [2.24, 2.45) is 0 Å². The fourth-order valence-corrected chi connectivity index (χ4v) is 2.62. The van der Waals surface area contributed by atoms with Crippen molar-refractivity contribution in [2.45, 2.75) is 33.6 Å². The Morgan fingerprint density at radius 3 is 2.76 bits per heavy atom. The molecule has 2 aromatic rings. The number of pyridine rings is 1. The Bertz CT molecular complexity index is 600. The van der Waals surface area contributed by atoms with Crippen molar-refractivity contribution in [3.05, 3.63) is 34.5 Å². The average Bonchev–Trinajstić information content (AvgIpc) is 2.84. The molecule has 0 radical (unpaired) electrons. The van der Waals surface area contributed by atoms with Crippen LogP contribution in [0.25, 0.3) is 0 Å². The molecule has 0 fully saturated rings. The number of thiazole rings is 1. The summed E-state index contributed by atoms with van der Waals surface area (Å²) >= 11 is 1.47. The van der Waals surface area contributed by atoms with Crippen LogP contribution in [0, 0.1) is 6.92 Å². The van der Waals surface area contributed by atoms with Gasteiger partial charge in [0.25, 0.3) is 5.91 Å². The van der Waals surface area contributed by atoms with Gasteiger partial charge in [0, 0.05) is 28.9 Å². The van der Waals surface area contributed by atoms with Gasteiger partial charge in [-0.3, -0.25) is 10.1 Å². The molecule has 21 heavy (non-hydrogen) atoms. The Balaban J connectivity index is 2.21. The fourth-order valence-electron chi connectivity index (χ4n) is 1.96. The summed E-state index contributed by atoms with van der Waals surface area (Å²) in [5.74, 6) is 0.590. The first-order valence-corrected chi connectivity index (χ1v) is 7.92. The molecule has 0 saturated heterocycles. The van der Waals surface area contributed by atoms with Gasteiger partial charge < -0.3 is 5.32 Å². The average molecular weight is 304 g/mol. The minimum Gasteiger partial charge on any atom is -0.370 e. The molecule has 1 amide bonds. The summed E-state index contributed by atoms with van der Waals surface area (Å²) in [6, 6.07) is 3.62. The van der Waals surface area contributed by atoms with E-state index >= 15 is 0 Å². The summed E-state index contributed by atoms with van der Waals surface area (Å²) in [5, 5.41) is 6.62. The molecule has 2 N–H and O–H groups in total. The third kappa shape index (κ3) is 4.26. The lowest BCUT2D eigenvalue weighted by atomic mass is 10.1. The second-order valence-corrected chi connectivity index (χ2v) is 5.98. The maximum atomic E-state index is 12.3. The summed E-state index contributed by atoms with van der Waals surface area (Å²) in [5.41, 5.74) is 1.54. The van der Waals surface area contributed by atoms with Crippen molar-refractivity contribution in [1.29, 1.82) is 0 Å². The molecule has 0 aliphatic carbocycles. The van der Waals surface area contributed by atoms with E-state index in [2.05, 4.69) is 27.5 Å². The molecule has 0 aliphatic rings. The van der Waals surface area contributed by atoms with E-state index in [0.717, 1.165) is 35.8 Å². The molecule has 6 heteroatoms. The topological polar surface area (TPSA) is 66.9 Å². The zero-order valence-corrected chi connectivity index (χ0v) is 13.4. The normalized spacial score (nSPS) is 10.4. The first-order chi connectivity index (χ1) is 10.1. The zero-order chi connectivity index (χ0) is 15.2. The van der Waals surface area contributed by atoms with E-state index in [9.17, 15) is 4.79 Å². The van der Waals surface area contributed by atoms with Crippen molar-refractivity contribution in [1.82, 2.24) is 9.97 Å². The Morgan fingerprint density at radius 1 is 1.33 bits per heavy atom. The van der Waals surface area contributed by atoms with Crippen LogP contribution in [0.5, 0.6) is 0 Å². The van der Waals surface area contributed by atoms with Gasteiger partial charge in [-0.15, -0.1) is 11.3 Å². The molecule has 0 spiro atoms. The van der Waals surface area contributed by atoms with Crippen LogP contribution in [0.1, 0.15) is 41.2 Å². The van der Waals surface area contributed by atoms with Gasteiger partial charge in [0.2, 0.25) is 0 Å². The Kier molecular flexibility index (Phi) is 5.27. The van der Waals surface area contributed by atoms with Crippen molar-refractivity contribution >= 4 is 28.2 Å². The largest absolute Gasteiger partial charge is 0.370 e. The third-order valence-corrected chi connectivity index (χ3v) is 3.67. The minimum atomic E-state index is -0.150. The highest BCUT2D eigenvalue weighted by Crippen LogP contribution is 2.19. The highest BCUT2D eigenvalue weighted by atomic mass is 32.1. The lowest BCUT2D eigenvalue weighted by molar-refractivity contribution is 0.102. The van der Waals surface area contributed by atoms with Crippen molar-refractivity contribution in [3.8, 4) is 0 Å². The molecule has 2 aromatic heterocycles. The van der Waals surface area contributed by atoms with E-state index in [-0.39, 0.29) is 5.91 Å². The Hall–Kier alpha value is -1.95.